The number of hydrogen-bond acceptors (Lipinski definition) is 1. The molecule has 0 spiro atoms. The SMILES string of the molecule is CCCCC(C)CCCn1cccn1. The first-order valence-electron chi connectivity index (χ1n) is 5.80. The van der Waals surface area contributed by atoms with Gasteiger partial charge in [-0.25, -0.2) is 0 Å². The summed E-state index contributed by atoms with van der Waals surface area (Å²) in [6.45, 7) is 5.69. The Morgan fingerprint density at radius 1 is 1.29 bits per heavy atom. The molecule has 0 radical (unpaired) electrons. The monoisotopic (exact) mass is 194 g/mol. The van der Waals surface area contributed by atoms with Gasteiger partial charge in [0.2, 0.25) is 0 Å². The van der Waals surface area contributed by atoms with Crippen molar-refractivity contribution in [1.29, 1.82) is 0 Å². The molecule has 14 heavy (non-hydrogen) atoms. The van der Waals surface area contributed by atoms with Crippen molar-refractivity contribution in [3.8, 4) is 0 Å². The predicted octanol–water partition coefficient (Wildman–Crippen LogP) is 3.49. The topological polar surface area (TPSA) is 17.8 Å². The normalized spacial score (nSPS) is 13.0. The minimum absolute atomic E-state index is 0.880. The summed E-state index contributed by atoms with van der Waals surface area (Å²) in [5, 5.41) is 4.19. The molecule has 1 atom stereocenters. The number of unbranched alkanes of at least 4 members (excludes halogenated alkanes) is 1. The van der Waals surface area contributed by atoms with Crippen LogP contribution in [0.15, 0.2) is 18.5 Å². The number of rotatable bonds is 7. The molecule has 0 saturated heterocycles. The summed E-state index contributed by atoms with van der Waals surface area (Å²) in [4.78, 5) is 0. The van der Waals surface area contributed by atoms with Crippen LogP contribution in [0, 0.1) is 5.92 Å². The van der Waals surface area contributed by atoms with Gasteiger partial charge in [0.15, 0.2) is 0 Å². The molecule has 2 heteroatoms. The highest BCUT2D eigenvalue weighted by Crippen LogP contribution is 2.14. The van der Waals surface area contributed by atoms with Crippen molar-refractivity contribution in [1.82, 2.24) is 9.78 Å². The number of aryl methyl sites for hydroxylation is 1. The Kier molecular flexibility index (Phi) is 5.35. The average molecular weight is 194 g/mol. The second-order valence-electron chi connectivity index (χ2n) is 4.16. The largest absolute Gasteiger partial charge is 0.273 e. The molecular formula is C12H22N2. The maximum absolute atomic E-state index is 4.19. The zero-order chi connectivity index (χ0) is 10.2. The Hall–Kier alpha value is -0.790. The summed E-state index contributed by atoms with van der Waals surface area (Å²) < 4.78 is 2.02. The molecule has 0 bridgehead atoms. The van der Waals surface area contributed by atoms with Gasteiger partial charge in [-0.2, -0.15) is 5.10 Å². The van der Waals surface area contributed by atoms with Crippen LogP contribution in [-0.2, 0) is 6.54 Å². The van der Waals surface area contributed by atoms with Gasteiger partial charge in [-0.05, 0) is 24.8 Å². The summed E-state index contributed by atoms with van der Waals surface area (Å²) in [7, 11) is 0. The van der Waals surface area contributed by atoms with E-state index < -0.39 is 0 Å². The maximum atomic E-state index is 4.19. The molecule has 0 aliphatic carbocycles. The molecule has 0 fully saturated rings. The Morgan fingerprint density at radius 2 is 2.07 bits per heavy atom. The molecule has 2 nitrogen and oxygen atoms in total. The van der Waals surface area contributed by atoms with E-state index in [2.05, 4.69) is 18.9 Å². The highest BCUT2D eigenvalue weighted by atomic mass is 15.3. The van der Waals surface area contributed by atoms with Crippen LogP contribution >= 0.6 is 0 Å². The predicted molar refractivity (Wildman–Crippen MR) is 60.2 cm³/mol. The van der Waals surface area contributed by atoms with E-state index in [1.165, 1.54) is 32.1 Å². The molecular weight excluding hydrogens is 172 g/mol. The van der Waals surface area contributed by atoms with Crippen molar-refractivity contribution in [2.45, 2.75) is 52.5 Å². The molecule has 0 N–H and O–H groups in total. The molecule has 1 aromatic heterocycles. The van der Waals surface area contributed by atoms with Gasteiger partial charge in [-0.1, -0.05) is 33.1 Å². The molecule has 0 aliphatic heterocycles. The second-order valence-corrected chi connectivity index (χ2v) is 4.16. The maximum Gasteiger partial charge on any atom is 0.0489 e. The Balaban J connectivity index is 2.03. The van der Waals surface area contributed by atoms with Gasteiger partial charge in [0.1, 0.15) is 0 Å². The fourth-order valence-corrected chi connectivity index (χ4v) is 1.73. The molecule has 0 amide bonds. The molecule has 1 heterocycles. The number of nitrogens with zero attached hydrogens (tertiary/aromatic N) is 2. The van der Waals surface area contributed by atoms with Gasteiger partial charge in [-0.15, -0.1) is 0 Å². The fraction of sp³-hybridized carbons (Fsp3) is 0.750. The van der Waals surface area contributed by atoms with Gasteiger partial charge in [0.05, 0.1) is 0 Å². The zero-order valence-electron chi connectivity index (χ0n) is 9.45. The third-order valence-electron chi connectivity index (χ3n) is 2.69. The van der Waals surface area contributed by atoms with Gasteiger partial charge in [-0.3, -0.25) is 4.68 Å². The highest BCUT2D eigenvalue weighted by Gasteiger charge is 2.01. The second kappa shape index (κ2) is 6.63. The minimum atomic E-state index is 0.880. The number of aromatic nitrogens is 2. The first-order chi connectivity index (χ1) is 6.83. The van der Waals surface area contributed by atoms with Crippen LogP contribution in [0.5, 0.6) is 0 Å². The Labute approximate surface area is 87.3 Å². The van der Waals surface area contributed by atoms with Crippen LogP contribution in [0.1, 0.15) is 46.0 Å². The smallest absolute Gasteiger partial charge is 0.0489 e. The molecule has 0 saturated carbocycles. The van der Waals surface area contributed by atoms with E-state index in [0.717, 1.165) is 12.5 Å². The lowest BCUT2D eigenvalue weighted by Gasteiger charge is -2.10. The first-order valence-corrected chi connectivity index (χ1v) is 5.80. The van der Waals surface area contributed by atoms with Crippen molar-refractivity contribution < 1.29 is 0 Å². The Bertz CT molecular complexity index is 216. The van der Waals surface area contributed by atoms with Crippen LogP contribution in [0.25, 0.3) is 0 Å². The van der Waals surface area contributed by atoms with Gasteiger partial charge >= 0.3 is 0 Å². The fourth-order valence-electron chi connectivity index (χ4n) is 1.73. The van der Waals surface area contributed by atoms with E-state index in [4.69, 9.17) is 0 Å². The van der Waals surface area contributed by atoms with Gasteiger partial charge < -0.3 is 0 Å². The zero-order valence-corrected chi connectivity index (χ0v) is 9.45. The van der Waals surface area contributed by atoms with Crippen molar-refractivity contribution in [2.75, 3.05) is 0 Å². The standard InChI is InChI=1S/C12H22N2/c1-3-4-7-12(2)8-5-10-14-11-6-9-13-14/h6,9,11-12H,3-5,7-8,10H2,1-2H3. The van der Waals surface area contributed by atoms with Gasteiger partial charge in [0.25, 0.3) is 0 Å². The lowest BCUT2D eigenvalue weighted by molar-refractivity contribution is 0.429. The van der Waals surface area contributed by atoms with Crippen molar-refractivity contribution in [3.63, 3.8) is 0 Å². The van der Waals surface area contributed by atoms with E-state index in [9.17, 15) is 0 Å². The lowest BCUT2D eigenvalue weighted by Crippen LogP contribution is -2.01. The molecule has 0 aliphatic rings. The molecule has 1 rings (SSSR count). The summed E-state index contributed by atoms with van der Waals surface area (Å²) in [6.07, 6.45) is 10.6. The van der Waals surface area contributed by atoms with Crippen molar-refractivity contribution in [2.24, 2.45) is 5.92 Å². The molecule has 0 aromatic carbocycles. The first kappa shape index (κ1) is 11.3. The lowest BCUT2D eigenvalue weighted by atomic mass is 9.99. The molecule has 80 valence electrons. The van der Waals surface area contributed by atoms with Crippen molar-refractivity contribution in [3.05, 3.63) is 18.5 Å². The summed E-state index contributed by atoms with van der Waals surface area (Å²) in [6, 6.07) is 1.99. The minimum Gasteiger partial charge on any atom is -0.273 e. The summed E-state index contributed by atoms with van der Waals surface area (Å²) in [5.74, 6) is 0.880. The van der Waals surface area contributed by atoms with E-state index in [1.807, 2.05) is 23.1 Å². The number of hydrogen-bond donors (Lipinski definition) is 0. The van der Waals surface area contributed by atoms with E-state index >= 15 is 0 Å². The van der Waals surface area contributed by atoms with Crippen molar-refractivity contribution >= 4 is 0 Å². The van der Waals surface area contributed by atoms with Crippen LogP contribution in [-0.4, -0.2) is 9.78 Å². The summed E-state index contributed by atoms with van der Waals surface area (Å²) in [5.41, 5.74) is 0. The quantitative estimate of drug-likeness (QED) is 0.649. The molecule has 1 aromatic rings. The third kappa shape index (κ3) is 4.45. The van der Waals surface area contributed by atoms with Crippen LogP contribution in [0.2, 0.25) is 0 Å². The van der Waals surface area contributed by atoms with Crippen LogP contribution in [0.4, 0.5) is 0 Å². The molecule has 1 unspecified atom stereocenters. The van der Waals surface area contributed by atoms with Crippen LogP contribution in [0.3, 0.4) is 0 Å². The third-order valence-corrected chi connectivity index (χ3v) is 2.69. The van der Waals surface area contributed by atoms with E-state index in [-0.39, 0.29) is 0 Å². The van der Waals surface area contributed by atoms with E-state index in [0.29, 0.717) is 0 Å². The average Bonchev–Trinajstić information content (AvgIpc) is 2.67. The Morgan fingerprint density at radius 3 is 2.71 bits per heavy atom. The van der Waals surface area contributed by atoms with Gasteiger partial charge in [0, 0.05) is 18.9 Å². The van der Waals surface area contributed by atoms with Crippen LogP contribution < -0.4 is 0 Å². The summed E-state index contributed by atoms with van der Waals surface area (Å²) >= 11 is 0. The highest BCUT2D eigenvalue weighted by molar-refractivity contribution is 4.77. The van der Waals surface area contributed by atoms with E-state index in [1.54, 1.807) is 0 Å².